The summed E-state index contributed by atoms with van der Waals surface area (Å²) in [5.74, 6) is -2.13. The average molecular weight is 576 g/mol. The van der Waals surface area contributed by atoms with E-state index in [9.17, 15) is 19.5 Å². The number of aromatic hydroxyl groups is 1. The number of carbonyl (C=O) groups is 2. The van der Waals surface area contributed by atoms with Crippen molar-refractivity contribution in [1.29, 1.82) is 0 Å². The van der Waals surface area contributed by atoms with Crippen LogP contribution in [0.1, 0.15) is 52.4 Å². The molecule has 3 aliphatic rings. The van der Waals surface area contributed by atoms with Crippen LogP contribution in [0.25, 0.3) is 10.9 Å². The van der Waals surface area contributed by atoms with Crippen molar-refractivity contribution in [1.82, 2.24) is 9.88 Å². The molecular weight excluding hydrogens is 545 g/mol. The lowest BCUT2D eigenvalue weighted by atomic mass is 9.94. The van der Waals surface area contributed by atoms with Crippen LogP contribution in [-0.2, 0) is 0 Å². The fourth-order valence-electron chi connectivity index (χ4n) is 5.59. The lowest BCUT2D eigenvalue weighted by Crippen LogP contribution is -2.40. The Bertz CT molecular complexity index is 1490. The van der Waals surface area contributed by atoms with E-state index in [-0.39, 0.29) is 40.7 Å². The van der Waals surface area contributed by atoms with Gasteiger partial charge in [-0.1, -0.05) is 6.07 Å². The van der Waals surface area contributed by atoms with Crippen molar-refractivity contribution in [2.45, 2.75) is 37.8 Å². The van der Waals surface area contributed by atoms with E-state index in [0.29, 0.717) is 35.5 Å². The van der Waals surface area contributed by atoms with Gasteiger partial charge in [0, 0.05) is 31.4 Å². The first-order valence-corrected chi connectivity index (χ1v) is 12.9. The maximum atomic E-state index is 15.3. The van der Waals surface area contributed by atoms with E-state index in [4.69, 9.17) is 14.9 Å². The number of benzene rings is 2. The number of aromatic nitrogens is 1. The Balaban J connectivity index is 0.000000287. The highest BCUT2D eigenvalue weighted by Gasteiger charge is 2.38. The molecular formula is C28H31ClFN3O7. The first-order valence-electron chi connectivity index (χ1n) is 12.9. The Morgan fingerprint density at radius 3 is 2.42 bits per heavy atom. The van der Waals surface area contributed by atoms with Crippen molar-refractivity contribution in [3.05, 3.63) is 63.7 Å². The molecule has 1 aromatic heterocycles. The van der Waals surface area contributed by atoms with Crippen LogP contribution in [0.4, 0.5) is 10.1 Å². The number of phenols is 1. The molecule has 0 amide bonds. The van der Waals surface area contributed by atoms with Gasteiger partial charge in [0.2, 0.25) is 5.43 Å². The SMILES string of the molecule is COc1c(N2C[C@@H]3CCCN[C@@H]3C2)c(F)cc2c(=O)c(C(=O)O)cn(C3CC3)c12.Cl.O=C(O)c1cccc(O)c1. The summed E-state index contributed by atoms with van der Waals surface area (Å²) in [6.45, 7) is 2.40. The van der Waals surface area contributed by atoms with Crippen molar-refractivity contribution in [2.24, 2.45) is 5.92 Å². The molecule has 1 saturated carbocycles. The number of hydrogen-bond donors (Lipinski definition) is 4. The number of nitrogens with zero attached hydrogens (tertiary/aromatic N) is 2. The molecule has 2 saturated heterocycles. The molecule has 0 spiro atoms. The van der Waals surface area contributed by atoms with Gasteiger partial charge in [-0.25, -0.2) is 14.0 Å². The number of carboxylic acids is 2. The normalized spacial score (nSPS) is 19.7. The maximum Gasteiger partial charge on any atom is 0.341 e. The summed E-state index contributed by atoms with van der Waals surface area (Å²) in [6.07, 6.45) is 5.40. The van der Waals surface area contributed by atoms with Crippen molar-refractivity contribution in [3.63, 3.8) is 0 Å². The number of rotatable bonds is 5. The highest BCUT2D eigenvalue weighted by molar-refractivity contribution is 5.97. The highest BCUT2D eigenvalue weighted by atomic mass is 35.5. The van der Waals surface area contributed by atoms with Crippen LogP contribution in [0.5, 0.6) is 11.5 Å². The highest BCUT2D eigenvalue weighted by Crippen LogP contribution is 2.45. The van der Waals surface area contributed by atoms with Gasteiger partial charge >= 0.3 is 11.9 Å². The third-order valence-electron chi connectivity index (χ3n) is 7.58. The van der Waals surface area contributed by atoms with E-state index in [1.165, 1.54) is 43.6 Å². The smallest absolute Gasteiger partial charge is 0.341 e. The van der Waals surface area contributed by atoms with Gasteiger partial charge in [0.15, 0.2) is 11.6 Å². The van der Waals surface area contributed by atoms with Crippen molar-refractivity contribution in [2.75, 3.05) is 31.6 Å². The minimum absolute atomic E-state index is 0. The summed E-state index contributed by atoms with van der Waals surface area (Å²) in [7, 11) is 1.48. The van der Waals surface area contributed by atoms with Crippen LogP contribution < -0.4 is 20.4 Å². The number of pyridine rings is 1. The largest absolute Gasteiger partial charge is 0.508 e. The van der Waals surface area contributed by atoms with Crippen LogP contribution in [0.3, 0.4) is 0 Å². The van der Waals surface area contributed by atoms with E-state index < -0.39 is 23.2 Å². The molecule has 4 N–H and O–H groups in total. The standard InChI is InChI=1S/C21H24FN3O4.C7H6O3.ClH/c1-29-20-17-13(19(26)14(21(27)28)9-25(17)12-4-5-12)7-15(22)18(20)24-8-11-3-2-6-23-16(11)10-24;8-6-3-1-2-5(4-6)7(9)10;/h7,9,11-12,16,23H,2-6,8,10H2,1H3,(H,27,28);1-4,8H,(H,9,10);1H/t11-,16+;;/m0../s1. The molecule has 3 heterocycles. The molecule has 214 valence electrons. The lowest BCUT2D eigenvalue weighted by molar-refractivity contribution is 0.0685. The zero-order valence-electron chi connectivity index (χ0n) is 21.8. The Labute approximate surface area is 235 Å². The molecule has 2 aromatic carbocycles. The number of nitrogens with one attached hydrogen (secondary N) is 1. The summed E-state index contributed by atoms with van der Waals surface area (Å²) in [4.78, 5) is 36.6. The molecule has 0 bridgehead atoms. The zero-order chi connectivity index (χ0) is 27.8. The second-order valence-corrected chi connectivity index (χ2v) is 10.2. The van der Waals surface area contributed by atoms with Crippen molar-refractivity contribution in [3.8, 4) is 11.5 Å². The topological polar surface area (TPSA) is 141 Å². The number of fused-ring (bicyclic) bond motifs is 2. The molecule has 1 aliphatic carbocycles. The molecule has 0 radical (unpaired) electrons. The summed E-state index contributed by atoms with van der Waals surface area (Å²) in [5.41, 5.74) is -0.0581. The number of aromatic carboxylic acids is 2. The number of hydrogen-bond acceptors (Lipinski definition) is 7. The van der Waals surface area contributed by atoms with E-state index in [2.05, 4.69) is 5.32 Å². The van der Waals surface area contributed by atoms with Gasteiger partial charge in [-0.05, 0) is 62.4 Å². The van der Waals surface area contributed by atoms with Gasteiger partial charge in [-0.15, -0.1) is 12.4 Å². The fourth-order valence-corrected chi connectivity index (χ4v) is 5.59. The number of halogens is 2. The first-order chi connectivity index (χ1) is 18.7. The van der Waals surface area contributed by atoms with Gasteiger partial charge in [0.25, 0.3) is 0 Å². The summed E-state index contributed by atoms with van der Waals surface area (Å²) in [6, 6.07) is 7.14. The van der Waals surface area contributed by atoms with Crippen LogP contribution in [0.15, 0.2) is 41.3 Å². The number of piperidine rings is 1. The monoisotopic (exact) mass is 575 g/mol. The van der Waals surface area contributed by atoms with Crippen molar-refractivity contribution >= 4 is 40.9 Å². The van der Waals surface area contributed by atoms with E-state index in [1.54, 1.807) is 4.57 Å². The fraction of sp³-hybridized carbons (Fsp3) is 0.393. The molecule has 3 fully saturated rings. The summed E-state index contributed by atoms with van der Waals surface area (Å²) >= 11 is 0. The number of phenolic OH excluding ortho intramolecular Hbond substituents is 1. The van der Waals surface area contributed by atoms with Crippen LogP contribution >= 0.6 is 12.4 Å². The van der Waals surface area contributed by atoms with Gasteiger partial charge < -0.3 is 34.8 Å². The zero-order valence-corrected chi connectivity index (χ0v) is 22.6. The number of ether oxygens (including phenoxy) is 1. The molecule has 12 heteroatoms. The minimum Gasteiger partial charge on any atom is -0.508 e. The second-order valence-electron chi connectivity index (χ2n) is 10.2. The first kappa shape index (κ1) is 29.2. The minimum atomic E-state index is -1.30. The predicted molar refractivity (Wildman–Crippen MR) is 149 cm³/mol. The Morgan fingerprint density at radius 2 is 1.85 bits per heavy atom. The van der Waals surface area contributed by atoms with Crippen molar-refractivity contribution < 1.29 is 34.0 Å². The third kappa shape index (κ3) is 5.57. The Hall–Kier alpha value is -3.83. The van der Waals surface area contributed by atoms with Gasteiger partial charge in [-0.3, -0.25) is 4.79 Å². The number of anilines is 1. The summed E-state index contributed by atoms with van der Waals surface area (Å²) in [5, 5.41) is 30.2. The van der Waals surface area contributed by atoms with E-state index in [1.807, 2.05) is 4.90 Å². The predicted octanol–water partition coefficient (Wildman–Crippen LogP) is 3.88. The molecule has 2 aliphatic heterocycles. The molecule has 6 rings (SSSR count). The Morgan fingerprint density at radius 1 is 1.10 bits per heavy atom. The van der Waals surface area contributed by atoms with Gasteiger partial charge in [0.05, 0.1) is 23.6 Å². The molecule has 40 heavy (non-hydrogen) atoms. The molecule has 3 aromatic rings. The van der Waals surface area contributed by atoms with Gasteiger partial charge in [-0.2, -0.15) is 0 Å². The number of methoxy groups -OCH3 is 1. The number of carboxylic acid groups (broad SMARTS) is 2. The quantitative estimate of drug-likeness (QED) is 0.356. The van der Waals surface area contributed by atoms with Crippen LogP contribution in [0.2, 0.25) is 0 Å². The lowest BCUT2D eigenvalue weighted by Gasteiger charge is -2.25. The van der Waals surface area contributed by atoms with E-state index >= 15 is 4.39 Å². The maximum absolute atomic E-state index is 15.3. The summed E-state index contributed by atoms with van der Waals surface area (Å²) < 4.78 is 22.8. The molecule has 0 unspecified atom stereocenters. The van der Waals surface area contributed by atoms with Crippen LogP contribution in [0, 0.1) is 11.7 Å². The Kier molecular flexibility index (Phi) is 8.55. The third-order valence-corrected chi connectivity index (χ3v) is 7.58. The molecule has 2 atom stereocenters. The second kappa shape index (κ2) is 11.7. The average Bonchev–Trinajstić information content (AvgIpc) is 3.66. The van der Waals surface area contributed by atoms with Gasteiger partial charge in [0.1, 0.15) is 17.0 Å². The molecule has 10 nitrogen and oxygen atoms in total. The van der Waals surface area contributed by atoms with E-state index in [0.717, 1.165) is 38.8 Å². The van der Waals surface area contributed by atoms with Crippen LogP contribution in [-0.4, -0.2) is 64.6 Å².